The van der Waals surface area contributed by atoms with Gasteiger partial charge in [-0.15, -0.1) is 0 Å². The van der Waals surface area contributed by atoms with Crippen molar-refractivity contribution in [1.29, 1.82) is 0 Å². The summed E-state index contributed by atoms with van der Waals surface area (Å²) in [6, 6.07) is 10.3. The second-order valence-corrected chi connectivity index (χ2v) is 11.9. The molecule has 3 N–H and O–H groups in total. The first-order valence-corrected chi connectivity index (χ1v) is 14.4. The molecule has 44 heavy (non-hydrogen) atoms. The molecule has 0 bridgehead atoms. The molecule has 0 aliphatic carbocycles. The third-order valence-corrected chi connectivity index (χ3v) is 8.09. The zero-order valence-electron chi connectivity index (χ0n) is 22.0. The maximum absolute atomic E-state index is 13.8. The standard InChI is InChI=1S/C26H20Cl2F6N4O5S/c1-13-22(23(40)36-20-9-2-14(12-35-20)26(32,33)34)38(21(44(41,42)43)11-25(29,30)31)24(18-8-3-15(27)10-19(18)28)37(13)16-4-6-17(39)7-5-16/h2-10,12,21,24,39H,11H2,1H3,(H,35,36,40)(H,41,42,43). The van der Waals surface area contributed by atoms with Crippen LogP contribution in [0.5, 0.6) is 5.75 Å². The highest BCUT2D eigenvalue weighted by atomic mass is 35.5. The van der Waals surface area contributed by atoms with Crippen LogP contribution in [0.4, 0.5) is 37.8 Å². The van der Waals surface area contributed by atoms with E-state index >= 15 is 0 Å². The molecule has 2 unspecified atom stereocenters. The number of aromatic hydroxyl groups is 1. The Hall–Kier alpha value is -3.73. The lowest BCUT2D eigenvalue weighted by molar-refractivity contribution is -0.142. The molecule has 2 atom stereocenters. The number of rotatable bonds is 7. The number of pyridine rings is 1. The van der Waals surface area contributed by atoms with Gasteiger partial charge in [0.25, 0.3) is 16.0 Å². The maximum atomic E-state index is 13.8. The Labute approximate surface area is 256 Å². The highest BCUT2D eigenvalue weighted by molar-refractivity contribution is 7.86. The van der Waals surface area contributed by atoms with Gasteiger partial charge in [-0.1, -0.05) is 29.3 Å². The number of nitrogens with one attached hydrogen (secondary N) is 1. The van der Waals surface area contributed by atoms with Gasteiger partial charge in [-0.25, -0.2) is 4.98 Å². The van der Waals surface area contributed by atoms with Crippen LogP contribution in [-0.4, -0.2) is 45.4 Å². The molecule has 9 nitrogen and oxygen atoms in total. The Balaban J connectivity index is 1.96. The third kappa shape index (κ3) is 7.14. The zero-order valence-corrected chi connectivity index (χ0v) is 24.4. The minimum Gasteiger partial charge on any atom is -0.508 e. The molecule has 1 aliphatic rings. The van der Waals surface area contributed by atoms with Crippen LogP contribution in [0, 0.1) is 0 Å². The highest BCUT2D eigenvalue weighted by Crippen LogP contribution is 2.48. The first-order chi connectivity index (χ1) is 20.3. The number of phenolic OH excluding ortho intramolecular Hbond substituents is 1. The number of halogens is 8. The van der Waals surface area contributed by atoms with Crippen molar-refractivity contribution in [1.82, 2.24) is 9.88 Å². The Morgan fingerprint density at radius 1 is 1.05 bits per heavy atom. The number of anilines is 2. The number of alkyl halides is 6. The summed E-state index contributed by atoms with van der Waals surface area (Å²) in [6.45, 7) is 1.26. The molecule has 1 aliphatic heterocycles. The fraction of sp³-hybridized carbons (Fsp3) is 0.231. The van der Waals surface area contributed by atoms with Gasteiger partial charge in [-0.05, 0) is 55.5 Å². The number of hydrogen-bond donors (Lipinski definition) is 3. The highest BCUT2D eigenvalue weighted by Gasteiger charge is 2.52. The van der Waals surface area contributed by atoms with Crippen LogP contribution in [0.15, 0.2) is 72.2 Å². The molecule has 1 amide bonds. The normalized spacial score (nSPS) is 16.8. The minimum absolute atomic E-state index is 0.0465. The van der Waals surface area contributed by atoms with Crippen LogP contribution in [0.2, 0.25) is 10.0 Å². The molecule has 0 spiro atoms. The Morgan fingerprint density at radius 2 is 1.68 bits per heavy atom. The summed E-state index contributed by atoms with van der Waals surface area (Å²) >= 11 is 12.4. The molecule has 18 heteroatoms. The van der Waals surface area contributed by atoms with Crippen molar-refractivity contribution in [2.24, 2.45) is 0 Å². The van der Waals surface area contributed by atoms with Crippen molar-refractivity contribution in [3.05, 3.63) is 93.4 Å². The maximum Gasteiger partial charge on any atom is 0.417 e. The number of hydrogen-bond acceptors (Lipinski definition) is 7. The van der Waals surface area contributed by atoms with Gasteiger partial charge in [0.15, 0.2) is 5.37 Å². The molecule has 0 fully saturated rings. The second-order valence-electron chi connectivity index (χ2n) is 9.44. The van der Waals surface area contributed by atoms with E-state index in [0.29, 0.717) is 17.2 Å². The van der Waals surface area contributed by atoms with Crippen molar-refractivity contribution in [2.75, 3.05) is 10.2 Å². The van der Waals surface area contributed by atoms with E-state index in [1.807, 2.05) is 0 Å². The number of nitrogens with zero attached hydrogens (tertiary/aromatic N) is 3. The van der Waals surface area contributed by atoms with E-state index in [9.17, 15) is 49.2 Å². The van der Waals surface area contributed by atoms with E-state index in [2.05, 4.69) is 10.3 Å². The van der Waals surface area contributed by atoms with Gasteiger partial charge in [0.2, 0.25) is 0 Å². The van der Waals surface area contributed by atoms with Gasteiger partial charge in [0, 0.05) is 33.2 Å². The first kappa shape index (κ1) is 33.2. The summed E-state index contributed by atoms with van der Waals surface area (Å²) in [6.07, 6.45) is -13.3. The molecular weight excluding hydrogens is 665 g/mol. The van der Waals surface area contributed by atoms with Crippen molar-refractivity contribution in [2.45, 2.75) is 37.2 Å². The van der Waals surface area contributed by atoms with Crippen molar-refractivity contribution in [3.8, 4) is 5.75 Å². The predicted molar refractivity (Wildman–Crippen MR) is 148 cm³/mol. The lowest BCUT2D eigenvalue weighted by Gasteiger charge is -2.39. The van der Waals surface area contributed by atoms with Crippen LogP contribution in [-0.2, 0) is 21.1 Å². The molecule has 2 heterocycles. The van der Waals surface area contributed by atoms with Crippen LogP contribution in [0.1, 0.15) is 30.6 Å². The Kier molecular flexibility index (Phi) is 9.04. The van der Waals surface area contributed by atoms with Gasteiger partial charge < -0.3 is 20.2 Å². The van der Waals surface area contributed by atoms with Crippen LogP contribution in [0.25, 0.3) is 0 Å². The molecule has 236 valence electrons. The first-order valence-electron chi connectivity index (χ1n) is 12.2. The van der Waals surface area contributed by atoms with Gasteiger partial charge in [-0.2, -0.15) is 34.8 Å². The zero-order chi connectivity index (χ0) is 32.8. The molecule has 4 rings (SSSR count). The molecule has 0 saturated heterocycles. The van der Waals surface area contributed by atoms with E-state index in [4.69, 9.17) is 23.2 Å². The van der Waals surface area contributed by atoms with Crippen molar-refractivity contribution >= 4 is 50.7 Å². The Bertz CT molecular complexity index is 1700. The summed E-state index contributed by atoms with van der Waals surface area (Å²) in [5.74, 6) is -1.93. The SMILES string of the molecule is CC1=C(C(=O)Nc2ccc(C(F)(F)F)cn2)N(C(CC(F)(F)F)S(=O)(=O)O)C(c2ccc(Cl)cc2Cl)N1c1ccc(O)cc1. The topological polar surface area (TPSA) is 123 Å². The Morgan fingerprint density at radius 3 is 2.18 bits per heavy atom. The summed E-state index contributed by atoms with van der Waals surface area (Å²) < 4.78 is 116. The fourth-order valence-corrected chi connectivity index (χ4v) is 6.03. The number of aromatic nitrogens is 1. The van der Waals surface area contributed by atoms with E-state index in [1.54, 1.807) is 0 Å². The smallest absolute Gasteiger partial charge is 0.417 e. The summed E-state index contributed by atoms with van der Waals surface area (Å²) in [4.78, 5) is 19.0. The summed E-state index contributed by atoms with van der Waals surface area (Å²) in [7, 11) is -5.63. The van der Waals surface area contributed by atoms with Crippen LogP contribution >= 0.6 is 23.2 Å². The minimum atomic E-state index is -5.63. The lowest BCUT2D eigenvalue weighted by Crippen LogP contribution is -2.47. The van der Waals surface area contributed by atoms with Gasteiger partial charge >= 0.3 is 12.4 Å². The molecular formula is C26H20Cl2F6N4O5S. The number of benzene rings is 2. The summed E-state index contributed by atoms with van der Waals surface area (Å²) in [5, 5.41) is 9.12. The van der Waals surface area contributed by atoms with Crippen LogP contribution in [0.3, 0.4) is 0 Å². The average Bonchev–Trinajstić information content (AvgIpc) is 3.18. The molecule has 1 aromatic heterocycles. The fourth-order valence-electron chi connectivity index (χ4n) is 4.62. The monoisotopic (exact) mass is 684 g/mol. The number of allylic oxidation sites excluding steroid dienone is 1. The van der Waals surface area contributed by atoms with E-state index < -0.39 is 63.4 Å². The molecule has 3 aromatic rings. The van der Waals surface area contributed by atoms with E-state index in [1.165, 1.54) is 54.3 Å². The summed E-state index contributed by atoms with van der Waals surface area (Å²) in [5.41, 5.74) is -1.94. The van der Waals surface area contributed by atoms with Gasteiger partial charge in [-0.3, -0.25) is 9.35 Å². The second kappa shape index (κ2) is 12.0. The van der Waals surface area contributed by atoms with Crippen molar-refractivity contribution in [3.63, 3.8) is 0 Å². The number of carbonyl (C=O) groups excluding carboxylic acids is 1. The largest absolute Gasteiger partial charge is 0.508 e. The third-order valence-electron chi connectivity index (χ3n) is 6.45. The number of phenols is 1. The van der Waals surface area contributed by atoms with Crippen LogP contribution < -0.4 is 10.2 Å². The lowest BCUT2D eigenvalue weighted by atomic mass is 10.1. The number of carbonyl (C=O) groups is 1. The van der Waals surface area contributed by atoms with Crippen molar-refractivity contribution < 1.29 is 49.2 Å². The predicted octanol–water partition coefficient (Wildman–Crippen LogP) is 6.97. The van der Waals surface area contributed by atoms with E-state index in [0.717, 1.165) is 6.07 Å². The van der Waals surface area contributed by atoms with Gasteiger partial charge in [0.05, 0.1) is 12.0 Å². The van der Waals surface area contributed by atoms with Gasteiger partial charge in [0.1, 0.15) is 23.4 Å². The molecule has 0 radical (unpaired) electrons. The molecule has 2 aromatic carbocycles. The molecule has 0 saturated carbocycles. The quantitative estimate of drug-likeness (QED) is 0.180. The number of amides is 1. The average molecular weight is 685 g/mol. The van der Waals surface area contributed by atoms with E-state index in [-0.39, 0.29) is 32.7 Å².